The van der Waals surface area contributed by atoms with Crippen LogP contribution in [0.15, 0.2) is 0 Å². The maximum atomic E-state index is 8.12. The van der Waals surface area contributed by atoms with Crippen molar-refractivity contribution in [3.63, 3.8) is 0 Å². The molecule has 0 aliphatic rings. The van der Waals surface area contributed by atoms with Crippen molar-refractivity contribution in [1.82, 2.24) is 0 Å². The third-order valence-corrected chi connectivity index (χ3v) is 0. The zero-order valence-electron chi connectivity index (χ0n) is 1.82. The molecule has 0 saturated carbocycles. The Morgan fingerprint density at radius 1 is 1.60 bits per heavy atom. The van der Waals surface area contributed by atoms with Crippen LogP contribution in [-0.4, -0.2) is 43.2 Å². The molecule has 0 bridgehead atoms. The zero-order chi connectivity index (χ0) is 2.71. The van der Waals surface area contributed by atoms with Crippen molar-refractivity contribution in [3.8, 4) is 0 Å². The van der Waals surface area contributed by atoms with Crippen LogP contribution in [0.2, 0.25) is 0 Å². The van der Waals surface area contributed by atoms with Crippen molar-refractivity contribution in [1.29, 1.82) is 0 Å². The summed E-state index contributed by atoms with van der Waals surface area (Å²) in [6, 6.07) is 0. The average molecular weight is 107 g/mol. The van der Waals surface area contributed by atoms with Crippen LogP contribution in [0.3, 0.4) is 0 Å². The zero-order valence-corrected chi connectivity index (χ0v) is 1.82. The minimum atomic E-state index is 0. The van der Waals surface area contributed by atoms with Crippen LogP contribution in [0.4, 0.5) is 0 Å². The SMILES string of the molecule is O.O=[NH+][O-].[CaH2]. The second-order valence-electron chi connectivity index (χ2n) is 0.0833. The summed E-state index contributed by atoms with van der Waals surface area (Å²) in [4.78, 5) is 8.12. The van der Waals surface area contributed by atoms with Gasteiger partial charge in [-0.05, 0) is 0 Å². The van der Waals surface area contributed by atoms with E-state index in [1.165, 1.54) is 0 Å². The van der Waals surface area contributed by atoms with Gasteiger partial charge in [0.15, 0.2) is 0 Å². The van der Waals surface area contributed by atoms with Crippen molar-refractivity contribution in [2.45, 2.75) is 0 Å². The van der Waals surface area contributed by atoms with Gasteiger partial charge in [-0.3, -0.25) is 10.1 Å². The molecular weight excluding hydrogens is 102 g/mol. The Morgan fingerprint density at radius 3 is 1.60 bits per heavy atom. The number of hydrogen-bond donors (Lipinski definition) is 1. The first kappa shape index (κ1) is 17.5. The van der Waals surface area contributed by atoms with E-state index in [4.69, 9.17) is 10.1 Å². The Labute approximate surface area is 58.4 Å². The molecule has 0 unspecified atom stereocenters. The normalized spacial score (nSPS) is 2.40. The third kappa shape index (κ3) is 82.5. The standard InChI is InChI=1S/Ca.HNO2.H2O.2H/c;2-1-3;;;/h;1H;1H2;;. The molecule has 0 radical (unpaired) electrons. The Bertz CT molecular complexity index is 14.4. The van der Waals surface area contributed by atoms with Crippen LogP contribution in [0, 0.1) is 10.1 Å². The van der Waals surface area contributed by atoms with Gasteiger partial charge < -0.3 is 5.48 Å². The molecular formula is H5CaNO3. The summed E-state index contributed by atoms with van der Waals surface area (Å²) in [5.74, 6) is 0. The fourth-order valence-corrected chi connectivity index (χ4v) is 0. The average Bonchev–Trinajstić information content (AvgIpc) is 0.918. The van der Waals surface area contributed by atoms with Crippen molar-refractivity contribution in [2.75, 3.05) is 0 Å². The molecule has 0 amide bonds. The molecule has 0 heterocycles. The van der Waals surface area contributed by atoms with Crippen LogP contribution >= 0.6 is 0 Å². The van der Waals surface area contributed by atoms with Gasteiger partial charge in [0, 0.05) is 5.34 Å². The summed E-state index contributed by atoms with van der Waals surface area (Å²) in [5.41, 5.74) is 0. The molecule has 30 valence electrons. The van der Waals surface area contributed by atoms with Crippen LogP contribution < -0.4 is 5.34 Å². The number of rotatable bonds is 0. The molecule has 0 aromatic carbocycles. The molecule has 0 aliphatic heterocycles. The van der Waals surface area contributed by atoms with Gasteiger partial charge in [0.25, 0.3) is 0 Å². The summed E-state index contributed by atoms with van der Waals surface area (Å²) in [7, 11) is 0. The van der Waals surface area contributed by atoms with Crippen LogP contribution in [0.5, 0.6) is 0 Å². The van der Waals surface area contributed by atoms with Crippen LogP contribution in [0.1, 0.15) is 0 Å². The van der Waals surface area contributed by atoms with Gasteiger partial charge in [0.05, 0.1) is 0 Å². The Balaban J connectivity index is -0.0000000200. The summed E-state index contributed by atoms with van der Waals surface area (Å²) in [5, 5.41) is 8.38. The van der Waals surface area contributed by atoms with E-state index in [1.807, 2.05) is 0 Å². The molecule has 5 heavy (non-hydrogen) atoms. The van der Waals surface area contributed by atoms with E-state index < -0.39 is 0 Å². The molecule has 0 rings (SSSR count). The monoisotopic (exact) mass is 107 g/mol. The van der Waals surface area contributed by atoms with Gasteiger partial charge in [-0.2, -0.15) is 0 Å². The van der Waals surface area contributed by atoms with Gasteiger partial charge in [0.1, 0.15) is 0 Å². The fourth-order valence-electron chi connectivity index (χ4n) is 0. The van der Waals surface area contributed by atoms with Crippen molar-refractivity contribution in [2.24, 2.45) is 0 Å². The topological polar surface area (TPSA) is 85.6 Å². The van der Waals surface area contributed by atoms with E-state index >= 15 is 0 Å². The predicted octanol–water partition coefficient (Wildman–Crippen LogP) is -3.41. The molecule has 3 N–H and O–H groups in total. The third-order valence-electron chi connectivity index (χ3n) is 0. The van der Waals surface area contributed by atoms with E-state index in [0.29, 0.717) is 0 Å². The molecule has 0 atom stereocenters. The Morgan fingerprint density at radius 2 is 1.60 bits per heavy atom. The molecule has 0 saturated heterocycles. The van der Waals surface area contributed by atoms with E-state index in [1.54, 1.807) is 0 Å². The molecule has 0 aromatic heterocycles. The van der Waals surface area contributed by atoms with Crippen LogP contribution in [0.25, 0.3) is 0 Å². The molecule has 0 aromatic rings. The summed E-state index contributed by atoms with van der Waals surface area (Å²) < 4.78 is 0. The first-order valence-corrected chi connectivity index (χ1v) is 0.408. The van der Waals surface area contributed by atoms with Crippen molar-refractivity contribution in [3.05, 3.63) is 10.1 Å². The first-order valence-electron chi connectivity index (χ1n) is 0.408. The molecule has 0 fully saturated rings. The quantitative estimate of drug-likeness (QED) is 0.199. The predicted molar refractivity (Wildman–Crippen MR) is 19.9 cm³/mol. The van der Waals surface area contributed by atoms with E-state index in [9.17, 15) is 0 Å². The molecule has 0 spiro atoms. The number of nitrogens with one attached hydrogen (secondary N) is 1. The maximum absolute atomic E-state index is 8.12. The van der Waals surface area contributed by atoms with Gasteiger partial charge in [-0.1, -0.05) is 0 Å². The fraction of sp³-hybridized carbons (Fsp3) is 0. The summed E-state index contributed by atoms with van der Waals surface area (Å²) in [6.07, 6.45) is 0. The van der Waals surface area contributed by atoms with Gasteiger partial charge >= 0.3 is 37.7 Å². The van der Waals surface area contributed by atoms with E-state index in [-0.39, 0.29) is 48.6 Å². The van der Waals surface area contributed by atoms with Gasteiger partial charge in [0.2, 0.25) is 0 Å². The minimum absolute atomic E-state index is 0. The Hall–Kier alpha value is 0.620. The second-order valence-corrected chi connectivity index (χ2v) is 0.0833. The van der Waals surface area contributed by atoms with Gasteiger partial charge in [-0.25, -0.2) is 0 Å². The van der Waals surface area contributed by atoms with E-state index in [0.717, 1.165) is 0 Å². The molecule has 4 nitrogen and oxygen atoms in total. The number of hydrogen-bond acceptors (Lipinski definition) is 2. The molecule has 5 heteroatoms. The molecule has 0 aliphatic carbocycles. The Kier molecular flexibility index (Phi) is 80.6. The van der Waals surface area contributed by atoms with Gasteiger partial charge in [-0.15, -0.1) is 0 Å². The van der Waals surface area contributed by atoms with Crippen molar-refractivity contribution < 1.29 is 10.8 Å². The second kappa shape index (κ2) is 23.1. The summed E-state index contributed by atoms with van der Waals surface area (Å²) in [6.45, 7) is 0. The van der Waals surface area contributed by atoms with Crippen molar-refractivity contribution >= 4 is 37.7 Å². The van der Waals surface area contributed by atoms with E-state index in [2.05, 4.69) is 0 Å². The first-order chi connectivity index (χ1) is 1.41. The van der Waals surface area contributed by atoms with Crippen LogP contribution in [-0.2, 0) is 0 Å². The summed E-state index contributed by atoms with van der Waals surface area (Å²) >= 11 is 0.